The minimum absolute atomic E-state index is 0.303. The van der Waals surface area contributed by atoms with Crippen molar-refractivity contribution < 1.29 is 4.74 Å². The van der Waals surface area contributed by atoms with E-state index in [4.69, 9.17) is 10.5 Å². The van der Waals surface area contributed by atoms with Crippen LogP contribution in [0.4, 0.5) is 0 Å². The zero-order valence-corrected chi connectivity index (χ0v) is 13.2. The average molecular weight is 276 g/mol. The van der Waals surface area contributed by atoms with Gasteiger partial charge in [-0.15, -0.1) is 0 Å². The van der Waals surface area contributed by atoms with Crippen molar-refractivity contribution in [1.82, 2.24) is 4.90 Å². The number of rotatable bonds is 4. The second kappa shape index (κ2) is 6.15. The molecule has 20 heavy (non-hydrogen) atoms. The Kier molecular flexibility index (Phi) is 4.71. The van der Waals surface area contributed by atoms with Gasteiger partial charge < -0.3 is 10.5 Å². The van der Waals surface area contributed by atoms with Crippen LogP contribution in [0.15, 0.2) is 24.3 Å². The molecule has 0 aromatic heterocycles. The van der Waals surface area contributed by atoms with E-state index in [0.29, 0.717) is 18.0 Å². The Hall–Kier alpha value is -1.06. The SMILES string of the molecule is COc1cccc(C(CN)N2CCC(C(C)(C)C)C2)c1. The van der Waals surface area contributed by atoms with Gasteiger partial charge in [0.15, 0.2) is 0 Å². The molecule has 1 fully saturated rings. The third-order valence-electron chi connectivity index (χ3n) is 4.59. The number of hydrogen-bond acceptors (Lipinski definition) is 3. The standard InChI is InChI=1S/C17H28N2O/c1-17(2,3)14-8-9-19(12-14)16(11-18)13-6-5-7-15(10-13)20-4/h5-7,10,14,16H,8-9,11-12,18H2,1-4H3. The summed E-state index contributed by atoms with van der Waals surface area (Å²) in [5, 5.41) is 0. The highest BCUT2D eigenvalue weighted by atomic mass is 16.5. The predicted molar refractivity (Wildman–Crippen MR) is 83.9 cm³/mol. The molecule has 0 amide bonds. The van der Waals surface area contributed by atoms with E-state index in [1.165, 1.54) is 12.0 Å². The summed E-state index contributed by atoms with van der Waals surface area (Å²) in [5.74, 6) is 1.66. The largest absolute Gasteiger partial charge is 0.497 e. The lowest BCUT2D eigenvalue weighted by atomic mass is 9.80. The van der Waals surface area contributed by atoms with E-state index >= 15 is 0 Å². The predicted octanol–water partition coefficient (Wildman–Crippen LogP) is 3.06. The van der Waals surface area contributed by atoms with Crippen molar-refractivity contribution in [3.05, 3.63) is 29.8 Å². The second-order valence-electron chi connectivity index (χ2n) is 6.87. The molecule has 3 heteroatoms. The second-order valence-corrected chi connectivity index (χ2v) is 6.87. The number of benzene rings is 1. The van der Waals surface area contributed by atoms with E-state index in [1.807, 2.05) is 12.1 Å². The lowest BCUT2D eigenvalue weighted by Gasteiger charge is -2.30. The quantitative estimate of drug-likeness (QED) is 0.918. The van der Waals surface area contributed by atoms with Crippen molar-refractivity contribution in [3.63, 3.8) is 0 Å². The third-order valence-corrected chi connectivity index (χ3v) is 4.59. The van der Waals surface area contributed by atoms with E-state index in [0.717, 1.165) is 24.8 Å². The normalized spacial score (nSPS) is 21.9. The van der Waals surface area contributed by atoms with E-state index in [-0.39, 0.29) is 0 Å². The maximum atomic E-state index is 6.05. The van der Waals surface area contributed by atoms with Gasteiger partial charge in [-0.3, -0.25) is 4.90 Å². The molecule has 2 N–H and O–H groups in total. The average Bonchev–Trinajstić information content (AvgIpc) is 2.89. The summed E-state index contributed by atoms with van der Waals surface area (Å²) < 4.78 is 5.33. The molecule has 1 aliphatic rings. The van der Waals surface area contributed by atoms with Crippen LogP contribution in [0.3, 0.4) is 0 Å². The molecular formula is C17H28N2O. The number of hydrogen-bond donors (Lipinski definition) is 1. The first-order chi connectivity index (χ1) is 9.45. The van der Waals surface area contributed by atoms with Crippen molar-refractivity contribution in [1.29, 1.82) is 0 Å². The zero-order chi connectivity index (χ0) is 14.8. The molecule has 2 rings (SSSR count). The molecule has 1 aromatic carbocycles. The summed E-state index contributed by atoms with van der Waals surface area (Å²) in [7, 11) is 1.71. The van der Waals surface area contributed by atoms with Crippen LogP contribution >= 0.6 is 0 Å². The van der Waals surface area contributed by atoms with Gasteiger partial charge in [-0.25, -0.2) is 0 Å². The fourth-order valence-electron chi connectivity index (χ4n) is 3.12. The summed E-state index contributed by atoms with van der Waals surface area (Å²) in [5.41, 5.74) is 7.69. The first-order valence-electron chi connectivity index (χ1n) is 7.53. The van der Waals surface area contributed by atoms with Gasteiger partial charge in [0.1, 0.15) is 5.75 Å². The minimum Gasteiger partial charge on any atom is -0.497 e. The molecule has 2 atom stereocenters. The van der Waals surface area contributed by atoms with Crippen LogP contribution < -0.4 is 10.5 Å². The van der Waals surface area contributed by atoms with Crippen molar-refractivity contribution in [3.8, 4) is 5.75 Å². The van der Waals surface area contributed by atoms with Crippen molar-refractivity contribution in [2.45, 2.75) is 33.2 Å². The van der Waals surface area contributed by atoms with Gasteiger partial charge >= 0.3 is 0 Å². The molecule has 0 bridgehead atoms. The Bertz CT molecular complexity index is 439. The molecule has 0 radical (unpaired) electrons. The maximum Gasteiger partial charge on any atom is 0.119 e. The molecule has 1 heterocycles. The maximum absolute atomic E-state index is 6.05. The Morgan fingerprint density at radius 2 is 2.15 bits per heavy atom. The number of methoxy groups -OCH3 is 1. The zero-order valence-electron chi connectivity index (χ0n) is 13.2. The summed E-state index contributed by atoms with van der Waals surface area (Å²) in [6.07, 6.45) is 1.27. The highest BCUT2D eigenvalue weighted by Crippen LogP contribution is 2.37. The molecule has 1 saturated heterocycles. The van der Waals surface area contributed by atoms with Crippen molar-refractivity contribution in [2.75, 3.05) is 26.7 Å². The number of nitrogens with zero attached hydrogens (tertiary/aromatic N) is 1. The van der Waals surface area contributed by atoms with E-state index in [1.54, 1.807) is 7.11 Å². The van der Waals surface area contributed by atoms with Crippen molar-refractivity contribution >= 4 is 0 Å². The summed E-state index contributed by atoms with van der Waals surface area (Å²) in [6, 6.07) is 8.61. The first-order valence-corrected chi connectivity index (χ1v) is 7.53. The molecule has 0 saturated carbocycles. The van der Waals surface area contributed by atoms with Gasteiger partial charge in [-0.1, -0.05) is 32.9 Å². The summed E-state index contributed by atoms with van der Waals surface area (Å²) in [6.45, 7) is 9.95. The summed E-state index contributed by atoms with van der Waals surface area (Å²) >= 11 is 0. The fraction of sp³-hybridized carbons (Fsp3) is 0.647. The molecule has 2 unspecified atom stereocenters. The lowest BCUT2D eigenvalue weighted by Crippen LogP contribution is -2.33. The van der Waals surface area contributed by atoms with E-state index in [2.05, 4.69) is 37.8 Å². The first kappa shape index (κ1) is 15.3. The minimum atomic E-state index is 0.303. The topological polar surface area (TPSA) is 38.5 Å². The van der Waals surface area contributed by atoms with Crippen LogP contribution in [-0.2, 0) is 0 Å². The van der Waals surface area contributed by atoms with Gasteiger partial charge in [-0.05, 0) is 42.0 Å². The van der Waals surface area contributed by atoms with E-state index in [9.17, 15) is 0 Å². The Balaban J connectivity index is 2.13. The number of nitrogens with two attached hydrogens (primary N) is 1. The van der Waals surface area contributed by atoms with Crippen LogP contribution in [0.25, 0.3) is 0 Å². The Labute approximate surface area is 123 Å². The molecule has 1 aliphatic heterocycles. The molecule has 3 nitrogen and oxygen atoms in total. The van der Waals surface area contributed by atoms with Crippen LogP contribution in [0.1, 0.15) is 38.8 Å². The monoisotopic (exact) mass is 276 g/mol. The summed E-state index contributed by atoms with van der Waals surface area (Å²) in [4.78, 5) is 2.53. The van der Waals surface area contributed by atoms with Crippen LogP contribution in [0.2, 0.25) is 0 Å². The fourth-order valence-corrected chi connectivity index (χ4v) is 3.12. The lowest BCUT2D eigenvalue weighted by molar-refractivity contribution is 0.197. The van der Waals surface area contributed by atoms with Crippen LogP contribution in [0, 0.1) is 11.3 Å². The van der Waals surface area contributed by atoms with Gasteiger partial charge in [0.25, 0.3) is 0 Å². The van der Waals surface area contributed by atoms with Gasteiger partial charge in [0, 0.05) is 19.1 Å². The highest BCUT2D eigenvalue weighted by molar-refractivity contribution is 5.31. The number of likely N-dealkylation sites (tertiary alicyclic amines) is 1. The smallest absolute Gasteiger partial charge is 0.119 e. The molecule has 0 spiro atoms. The molecule has 0 aliphatic carbocycles. The Morgan fingerprint density at radius 3 is 2.70 bits per heavy atom. The number of ether oxygens (including phenoxy) is 1. The third kappa shape index (κ3) is 3.33. The van der Waals surface area contributed by atoms with E-state index < -0.39 is 0 Å². The van der Waals surface area contributed by atoms with Gasteiger partial charge in [-0.2, -0.15) is 0 Å². The van der Waals surface area contributed by atoms with Crippen LogP contribution in [-0.4, -0.2) is 31.6 Å². The molecule has 1 aromatic rings. The highest BCUT2D eigenvalue weighted by Gasteiger charge is 2.34. The van der Waals surface area contributed by atoms with Crippen molar-refractivity contribution in [2.24, 2.45) is 17.1 Å². The molecular weight excluding hydrogens is 248 g/mol. The van der Waals surface area contributed by atoms with Gasteiger partial charge in [0.05, 0.1) is 7.11 Å². The van der Waals surface area contributed by atoms with Crippen LogP contribution in [0.5, 0.6) is 5.75 Å². The van der Waals surface area contributed by atoms with Gasteiger partial charge in [0.2, 0.25) is 0 Å². The molecule has 112 valence electrons. The Morgan fingerprint density at radius 1 is 1.40 bits per heavy atom.